The van der Waals surface area contributed by atoms with Gasteiger partial charge in [0.1, 0.15) is 6.17 Å². The van der Waals surface area contributed by atoms with E-state index in [1.165, 1.54) is 12.2 Å². The number of fused-ring (bicyclic) bond motifs is 2. The van der Waals surface area contributed by atoms with Crippen LogP contribution in [0.25, 0.3) is 0 Å². The van der Waals surface area contributed by atoms with Gasteiger partial charge in [0.15, 0.2) is 0 Å². The van der Waals surface area contributed by atoms with Gasteiger partial charge in [-0.05, 0) is 103 Å². The molecular formula is C39H46N4O6S3. The van der Waals surface area contributed by atoms with Gasteiger partial charge < -0.3 is 24.0 Å². The van der Waals surface area contributed by atoms with Crippen LogP contribution in [0.15, 0.2) is 112 Å². The maximum atomic E-state index is 13.1. The van der Waals surface area contributed by atoms with Crippen molar-refractivity contribution in [3.05, 3.63) is 119 Å². The molecule has 276 valence electrons. The average Bonchev–Trinajstić information content (AvgIpc) is 3.55. The second-order valence-electron chi connectivity index (χ2n) is 13.4. The van der Waals surface area contributed by atoms with Crippen molar-refractivity contribution < 1.29 is 28.6 Å². The summed E-state index contributed by atoms with van der Waals surface area (Å²) in [5, 5.41) is 10.8. The van der Waals surface area contributed by atoms with Gasteiger partial charge in [-0.25, -0.2) is 9.86 Å². The van der Waals surface area contributed by atoms with Crippen molar-refractivity contribution in [2.75, 3.05) is 43.7 Å². The number of hydrogen-bond donors (Lipinski definition) is 4. The molecule has 3 N–H and O–H groups in total. The molecule has 3 aliphatic rings. The van der Waals surface area contributed by atoms with Crippen molar-refractivity contribution in [2.45, 2.75) is 50.1 Å². The Morgan fingerprint density at radius 1 is 1.06 bits per heavy atom. The number of anilines is 1. The summed E-state index contributed by atoms with van der Waals surface area (Å²) in [6.07, 6.45) is 15.2. The third-order valence-corrected chi connectivity index (χ3v) is 11.2. The highest BCUT2D eigenvalue weighted by Gasteiger charge is 2.45. The lowest BCUT2D eigenvalue weighted by atomic mass is 9.75. The number of aromatic carboxylic acids is 1. The monoisotopic (exact) mass is 762 g/mol. The highest BCUT2D eigenvalue weighted by Crippen LogP contribution is 2.52. The Labute approximate surface area is 320 Å². The number of nitrogens with zero attached hydrogens (tertiary/aromatic N) is 4. The van der Waals surface area contributed by atoms with Crippen LogP contribution < -0.4 is 4.90 Å². The standard InChI is InChI=1S/C39H46N4O6S3/c1-38(2)31-23-27(36(44)41(4)49-5)25-42(19-9-21-50)35(31)40-33(38)11-7-6-8-12-34-39(3,28-15-13-26(14-16-28)37(45)46)30-24-29(52-48)17-18-32(30)43(34)20-10-22-51-47/h6-8,11-18,23-25,35,47-48,50H,9-10,19-22H2,1-5H3,(H,45,46)/b8-6+,11-7+,34-12+. The first kappa shape index (κ1) is 39.5. The third kappa shape index (κ3) is 7.80. The molecular weight excluding hydrogens is 717 g/mol. The minimum absolute atomic E-state index is 0.205. The maximum absolute atomic E-state index is 13.1. The molecule has 0 fully saturated rings. The predicted molar refractivity (Wildman–Crippen MR) is 214 cm³/mol. The Hall–Kier alpha value is -3.72. The highest BCUT2D eigenvalue weighted by atomic mass is 32.2. The van der Waals surface area contributed by atoms with Crippen LogP contribution in [0, 0.1) is 5.41 Å². The first-order chi connectivity index (χ1) is 24.9. The van der Waals surface area contributed by atoms with E-state index in [9.17, 15) is 23.8 Å². The van der Waals surface area contributed by atoms with Gasteiger partial charge in [-0.2, -0.15) is 12.6 Å². The number of carboxylic acids is 1. The lowest BCUT2D eigenvalue weighted by Gasteiger charge is -2.34. The Morgan fingerprint density at radius 2 is 1.81 bits per heavy atom. The summed E-state index contributed by atoms with van der Waals surface area (Å²) in [6, 6.07) is 12.8. The molecule has 3 aliphatic heterocycles. The van der Waals surface area contributed by atoms with E-state index in [-0.39, 0.29) is 17.6 Å². The topological polar surface area (TPSA) is 126 Å². The largest absolute Gasteiger partial charge is 0.478 e. The number of allylic oxidation sites excluding steroid dienone is 6. The van der Waals surface area contributed by atoms with Gasteiger partial charge in [0.05, 0.1) is 23.7 Å². The van der Waals surface area contributed by atoms with E-state index < -0.39 is 16.8 Å². The molecule has 0 saturated carbocycles. The molecule has 2 atom stereocenters. The summed E-state index contributed by atoms with van der Waals surface area (Å²) in [7, 11) is 3.06. The fourth-order valence-corrected chi connectivity index (χ4v) is 7.70. The Bertz CT molecular complexity index is 1850. The molecule has 1 amide bonds. The van der Waals surface area contributed by atoms with Crippen LogP contribution in [0.1, 0.15) is 55.1 Å². The molecule has 3 heterocycles. The Kier molecular flexibility index (Phi) is 12.9. The van der Waals surface area contributed by atoms with Crippen molar-refractivity contribution in [2.24, 2.45) is 10.4 Å². The summed E-state index contributed by atoms with van der Waals surface area (Å²) in [5.74, 6) is 0.0711. The van der Waals surface area contributed by atoms with E-state index in [1.54, 1.807) is 19.2 Å². The molecule has 0 aromatic heterocycles. The average molecular weight is 763 g/mol. The van der Waals surface area contributed by atoms with Gasteiger partial charge in [-0.1, -0.05) is 44.2 Å². The lowest BCUT2D eigenvalue weighted by molar-refractivity contribution is -0.163. The second-order valence-corrected chi connectivity index (χ2v) is 15.2. The summed E-state index contributed by atoms with van der Waals surface area (Å²) in [5.41, 5.74) is 5.45. The van der Waals surface area contributed by atoms with Gasteiger partial charge in [0.25, 0.3) is 5.91 Å². The number of rotatable bonds is 15. The predicted octanol–water partition coefficient (Wildman–Crippen LogP) is 7.94. The van der Waals surface area contributed by atoms with Gasteiger partial charge in [0, 0.05) is 71.5 Å². The number of benzene rings is 2. The van der Waals surface area contributed by atoms with E-state index in [1.807, 2.05) is 66.9 Å². The summed E-state index contributed by atoms with van der Waals surface area (Å²) < 4.78 is 19.4. The van der Waals surface area contributed by atoms with E-state index in [0.29, 0.717) is 47.1 Å². The van der Waals surface area contributed by atoms with Crippen molar-refractivity contribution in [1.82, 2.24) is 9.96 Å². The van der Waals surface area contributed by atoms with Gasteiger partial charge in [0.2, 0.25) is 0 Å². The van der Waals surface area contributed by atoms with Crippen LogP contribution in [0.4, 0.5) is 5.69 Å². The first-order valence-corrected chi connectivity index (χ1v) is 19.4. The van der Waals surface area contributed by atoms with E-state index in [4.69, 9.17) is 9.83 Å². The van der Waals surface area contributed by atoms with Gasteiger partial charge in [-0.15, -0.1) is 0 Å². The highest BCUT2D eigenvalue weighted by molar-refractivity contribution is 7.94. The Balaban J connectivity index is 1.49. The van der Waals surface area contributed by atoms with Crippen LogP contribution in [0.2, 0.25) is 0 Å². The first-order valence-electron chi connectivity index (χ1n) is 17.0. The molecule has 0 radical (unpaired) electrons. The van der Waals surface area contributed by atoms with Crippen LogP contribution in [0.5, 0.6) is 0 Å². The smallest absolute Gasteiger partial charge is 0.335 e. The third-order valence-electron chi connectivity index (χ3n) is 9.98. The SMILES string of the molecule is CON(C)C(=O)C1=CN(CCCS)C2N=C(/C=C/C=C/C=C3/N(CCCSO)c4ccc(SO)cc4C3(C)c3ccc(C(=O)O)cc3)C(C)(C)C2=C1. The molecule has 2 aromatic carbocycles. The van der Waals surface area contributed by atoms with Crippen LogP contribution >= 0.6 is 36.7 Å². The van der Waals surface area contributed by atoms with Gasteiger partial charge >= 0.3 is 5.97 Å². The van der Waals surface area contributed by atoms with Gasteiger partial charge in [-0.3, -0.25) is 14.6 Å². The lowest BCUT2D eigenvalue weighted by Crippen LogP contribution is -2.38. The van der Waals surface area contributed by atoms with Crippen molar-refractivity contribution in [3.8, 4) is 0 Å². The zero-order valence-corrected chi connectivity index (χ0v) is 32.5. The minimum Gasteiger partial charge on any atom is -0.478 e. The number of carbonyl (C=O) groups is 2. The quantitative estimate of drug-likeness (QED) is 0.0467. The zero-order valence-electron chi connectivity index (χ0n) is 30.0. The number of aliphatic imine (C=N–C) groups is 1. The summed E-state index contributed by atoms with van der Waals surface area (Å²) >= 11 is 5.91. The van der Waals surface area contributed by atoms with Crippen LogP contribution in [-0.4, -0.2) is 86.7 Å². The van der Waals surface area contributed by atoms with Crippen LogP contribution in [0.3, 0.4) is 0 Å². The fourth-order valence-electron chi connectivity index (χ4n) is 7.01. The van der Waals surface area contributed by atoms with E-state index in [2.05, 4.69) is 49.3 Å². The molecule has 10 nitrogen and oxygen atoms in total. The summed E-state index contributed by atoms with van der Waals surface area (Å²) in [6.45, 7) is 7.71. The molecule has 2 unspecified atom stereocenters. The molecule has 0 aliphatic carbocycles. The maximum Gasteiger partial charge on any atom is 0.335 e. The number of carbonyl (C=O) groups excluding carboxylic acids is 1. The van der Waals surface area contributed by atoms with Crippen molar-refractivity contribution in [1.29, 1.82) is 0 Å². The number of hydrogen-bond acceptors (Lipinski definition) is 11. The Morgan fingerprint density at radius 3 is 2.46 bits per heavy atom. The summed E-state index contributed by atoms with van der Waals surface area (Å²) in [4.78, 5) is 40.1. The number of amides is 1. The number of hydroxylamine groups is 2. The molecule has 13 heteroatoms. The van der Waals surface area contributed by atoms with Crippen molar-refractivity contribution >= 4 is 60.0 Å². The fraction of sp³-hybridized carbons (Fsp3) is 0.359. The van der Waals surface area contributed by atoms with Crippen LogP contribution in [-0.2, 0) is 15.0 Å². The molecule has 0 bridgehead atoms. The second kappa shape index (κ2) is 17.0. The van der Waals surface area contributed by atoms with E-state index >= 15 is 0 Å². The molecule has 52 heavy (non-hydrogen) atoms. The molecule has 0 spiro atoms. The number of thiol groups is 1. The zero-order chi connectivity index (χ0) is 37.6. The molecule has 0 saturated heterocycles. The molecule has 2 aromatic rings. The normalized spacial score (nSPS) is 21.4. The number of carboxylic acid groups (broad SMARTS) is 1. The number of likely N-dealkylation sites (N-methyl/N-ethyl adjacent to an activating group) is 1. The van der Waals surface area contributed by atoms with Crippen molar-refractivity contribution in [3.63, 3.8) is 0 Å². The van der Waals surface area contributed by atoms with E-state index in [0.717, 1.165) is 58.7 Å². The molecule has 5 rings (SSSR count). The minimum atomic E-state index is -0.990.